The van der Waals surface area contributed by atoms with Crippen molar-refractivity contribution in [1.82, 2.24) is 15.0 Å². The molecule has 21 heavy (non-hydrogen) atoms. The molecule has 1 aromatic carbocycles. The van der Waals surface area contributed by atoms with Crippen LogP contribution in [0, 0.1) is 5.82 Å². The second-order valence-electron chi connectivity index (χ2n) is 5.65. The van der Waals surface area contributed by atoms with E-state index >= 15 is 0 Å². The first-order chi connectivity index (χ1) is 10.3. The van der Waals surface area contributed by atoms with E-state index in [0.29, 0.717) is 17.6 Å². The van der Waals surface area contributed by atoms with E-state index in [2.05, 4.69) is 19.9 Å². The van der Waals surface area contributed by atoms with E-state index in [1.807, 2.05) is 0 Å². The topological polar surface area (TPSA) is 45.4 Å². The molecule has 3 aliphatic heterocycles. The monoisotopic (exact) mass is 288 g/mol. The van der Waals surface area contributed by atoms with Gasteiger partial charge in [-0.1, -0.05) is 12.1 Å². The Hall–Kier alpha value is -1.95. The smallest absolute Gasteiger partial charge is 0.266 e. The van der Waals surface area contributed by atoms with Crippen LogP contribution in [0.5, 0.6) is 0 Å². The van der Waals surface area contributed by atoms with Crippen molar-refractivity contribution in [3.05, 3.63) is 30.1 Å². The average Bonchev–Trinajstić information content (AvgIpc) is 2.80. The fourth-order valence-corrected chi connectivity index (χ4v) is 3.23. The zero-order valence-corrected chi connectivity index (χ0v) is 11.7. The minimum atomic E-state index is -0.337. The number of aromatic nitrogens is 2. The number of nitrogens with zero attached hydrogens (tertiary/aromatic N) is 4. The van der Waals surface area contributed by atoms with Gasteiger partial charge in [-0.05, 0) is 30.1 Å². The van der Waals surface area contributed by atoms with Gasteiger partial charge in [0.2, 0.25) is 0 Å². The summed E-state index contributed by atoms with van der Waals surface area (Å²) in [4.78, 5) is 9.09. The molecule has 0 unspecified atom stereocenters. The third-order valence-electron chi connectivity index (χ3n) is 4.43. The molecule has 3 saturated heterocycles. The maximum Gasteiger partial charge on any atom is 0.266 e. The number of hydrogen-bond donors (Lipinski definition) is 0. The molecule has 1 aromatic heterocycles. The standard InChI is InChI=1S/C15H17FN4O/c16-13-4-2-1-3-12(13)14-17-15(18-21-14)20-10-9-19-7-5-11(20)6-8-19/h1-4,11H,5-10H2. The molecule has 3 aliphatic rings. The second-order valence-corrected chi connectivity index (χ2v) is 5.65. The van der Waals surface area contributed by atoms with Crippen LogP contribution < -0.4 is 4.90 Å². The maximum absolute atomic E-state index is 13.8. The lowest BCUT2D eigenvalue weighted by molar-refractivity contribution is 0.250. The third-order valence-corrected chi connectivity index (χ3v) is 4.43. The van der Waals surface area contributed by atoms with Crippen molar-refractivity contribution < 1.29 is 8.91 Å². The van der Waals surface area contributed by atoms with Crippen LogP contribution in [-0.4, -0.2) is 47.3 Å². The fraction of sp³-hybridized carbons (Fsp3) is 0.467. The third kappa shape index (κ3) is 2.29. The predicted octanol–water partition coefficient (Wildman–Crippen LogP) is 2.16. The molecule has 6 heteroatoms. The van der Waals surface area contributed by atoms with Gasteiger partial charge in [0.15, 0.2) is 0 Å². The quantitative estimate of drug-likeness (QED) is 0.847. The summed E-state index contributed by atoms with van der Waals surface area (Å²) in [6.45, 7) is 4.21. The van der Waals surface area contributed by atoms with Crippen LogP contribution in [0.3, 0.4) is 0 Å². The van der Waals surface area contributed by atoms with Gasteiger partial charge in [-0.2, -0.15) is 4.98 Å². The summed E-state index contributed by atoms with van der Waals surface area (Å²) in [7, 11) is 0. The van der Waals surface area contributed by atoms with E-state index in [-0.39, 0.29) is 11.7 Å². The number of fused-ring (bicyclic) bond motifs is 4. The van der Waals surface area contributed by atoms with Crippen molar-refractivity contribution in [3.8, 4) is 11.5 Å². The van der Waals surface area contributed by atoms with Crippen LogP contribution in [0.2, 0.25) is 0 Å². The van der Waals surface area contributed by atoms with Crippen LogP contribution >= 0.6 is 0 Å². The number of piperidine rings is 1. The molecule has 0 N–H and O–H groups in total. The Morgan fingerprint density at radius 1 is 1.10 bits per heavy atom. The van der Waals surface area contributed by atoms with Crippen LogP contribution in [0.1, 0.15) is 12.8 Å². The summed E-state index contributed by atoms with van der Waals surface area (Å²) in [6, 6.07) is 6.95. The largest absolute Gasteiger partial charge is 0.334 e. The van der Waals surface area contributed by atoms with Crippen molar-refractivity contribution in [1.29, 1.82) is 0 Å². The molecule has 0 radical (unpaired) electrons. The zero-order chi connectivity index (χ0) is 14.2. The maximum atomic E-state index is 13.8. The fourth-order valence-electron chi connectivity index (χ4n) is 3.23. The summed E-state index contributed by atoms with van der Waals surface area (Å²) in [5.74, 6) is 0.500. The first-order valence-electron chi connectivity index (χ1n) is 7.39. The lowest BCUT2D eigenvalue weighted by Gasteiger charge is -2.30. The molecule has 0 saturated carbocycles. The van der Waals surface area contributed by atoms with Gasteiger partial charge >= 0.3 is 0 Å². The molecule has 110 valence electrons. The molecule has 2 aromatic rings. The number of hydrogen-bond acceptors (Lipinski definition) is 5. The minimum absolute atomic E-state index is 0.252. The Balaban J connectivity index is 1.64. The lowest BCUT2D eigenvalue weighted by atomic mass is 10.1. The average molecular weight is 288 g/mol. The Morgan fingerprint density at radius 3 is 2.71 bits per heavy atom. The molecular weight excluding hydrogens is 271 g/mol. The van der Waals surface area contributed by atoms with E-state index in [4.69, 9.17) is 4.52 Å². The summed E-state index contributed by atoms with van der Waals surface area (Å²) in [5.41, 5.74) is 0.360. The van der Waals surface area contributed by atoms with E-state index in [0.717, 1.165) is 39.0 Å². The highest BCUT2D eigenvalue weighted by molar-refractivity contribution is 5.55. The Kier molecular flexibility index (Phi) is 3.11. The molecule has 3 fully saturated rings. The van der Waals surface area contributed by atoms with Crippen molar-refractivity contribution in [2.75, 3.05) is 31.1 Å². The van der Waals surface area contributed by atoms with Crippen LogP contribution in [0.15, 0.2) is 28.8 Å². The summed E-state index contributed by atoms with van der Waals surface area (Å²) in [6.07, 6.45) is 2.26. The molecular formula is C15H17FN4O. The van der Waals surface area contributed by atoms with Crippen LogP contribution in [-0.2, 0) is 0 Å². The van der Waals surface area contributed by atoms with E-state index in [1.54, 1.807) is 18.2 Å². The number of anilines is 1. The van der Waals surface area contributed by atoms with Gasteiger partial charge < -0.3 is 14.3 Å². The van der Waals surface area contributed by atoms with Gasteiger partial charge in [0, 0.05) is 32.2 Å². The van der Waals surface area contributed by atoms with Crippen LogP contribution in [0.25, 0.3) is 11.5 Å². The first kappa shape index (κ1) is 12.8. The summed E-state index contributed by atoms with van der Waals surface area (Å²) < 4.78 is 19.1. The van der Waals surface area contributed by atoms with E-state index in [1.165, 1.54) is 6.07 Å². The molecule has 5 rings (SSSR count). The number of rotatable bonds is 2. The lowest BCUT2D eigenvalue weighted by Crippen LogP contribution is -2.38. The molecule has 0 amide bonds. The molecule has 0 spiro atoms. The normalized spacial score (nSPS) is 25.1. The van der Waals surface area contributed by atoms with Gasteiger partial charge in [0.25, 0.3) is 11.8 Å². The Labute approximate surface area is 122 Å². The van der Waals surface area contributed by atoms with Crippen LogP contribution in [0.4, 0.5) is 10.3 Å². The SMILES string of the molecule is Fc1ccccc1-c1nc(N2CCN3CCC2CC3)no1. The molecule has 0 atom stereocenters. The summed E-state index contributed by atoms with van der Waals surface area (Å²) in [5, 5.41) is 4.07. The molecule has 2 bridgehead atoms. The molecule has 5 nitrogen and oxygen atoms in total. The number of halogens is 1. The van der Waals surface area contributed by atoms with Crippen molar-refractivity contribution >= 4 is 5.95 Å². The Bertz CT molecular complexity index is 636. The highest BCUT2D eigenvalue weighted by Crippen LogP contribution is 2.27. The van der Waals surface area contributed by atoms with Gasteiger partial charge in [-0.3, -0.25) is 0 Å². The van der Waals surface area contributed by atoms with Crippen molar-refractivity contribution in [3.63, 3.8) is 0 Å². The highest BCUT2D eigenvalue weighted by Gasteiger charge is 2.31. The van der Waals surface area contributed by atoms with E-state index in [9.17, 15) is 4.39 Å². The van der Waals surface area contributed by atoms with Gasteiger partial charge in [0.1, 0.15) is 5.82 Å². The second kappa shape index (κ2) is 5.11. The van der Waals surface area contributed by atoms with Crippen molar-refractivity contribution in [2.24, 2.45) is 0 Å². The van der Waals surface area contributed by atoms with Gasteiger partial charge in [0.05, 0.1) is 5.56 Å². The predicted molar refractivity (Wildman–Crippen MR) is 76.5 cm³/mol. The summed E-state index contributed by atoms with van der Waals surface area (Å²) >= 11 is 0. The Morgan fingerprint density at radius 2 is 1.90 bits per heavy atom. The van der Waals surface area contributed by atoms with E-state index < -0.39 is 0 Å². The van der Waals surface area contributed by atoms with Crippen molar-refractivity contribution in [2.45, 2.75) is 18.9 Å². The molecule has 0 aliphatic carbocycles. The zero-order valence-electron chi connectivity index (χ0n) is 11.7. The first-order valence-corrected chi connectivity index (χ1v) is 7.39. The van der Waals surface area contributed by atoms with Gasteiger partial charge in [-0.25, -0.2) is 4.39 Å². The molecule has 4 heterocycles. The number of benzene rings is 1. The highest BCUT2D eigenvalue weighted by atomic mass is 19.1. The van der Waals surface area contributed by atoms with Gasteiger partial charge in [-0.15, -0.1) is 0 Å². The minimum Gasteiger partial charge on any atom is -0.334 e.